The maximum atomic E-state index is 12.2. The van der Waals surface area contributed by atoms with Crippen LogP contribution in [0.3, 0.4) is 0 Å². The van der Waals surface area contributed by atoms with E-state index in [-0.39, 0.29) is 23.1 Å². The molecule has 0 spiro atoms. The van der Waals surface area contributed by atoms with E-state index < -0.39 is 0 Å². The monoisotopic (exact) mass is 281 g/mol. The maximum Gasteiger partial charge on any atom is 0.267 e. The zero-order chi connectivity index (χ0) is 13.2. The number of carbonyl (C=O) groups excluding carboxylic acids is 1. The van der Waals surface area contributed by atoms with Crippen molar-refractivity contribution in [3.63, 3.8) is 0 Å². The van der Waals surface area contributed by atoms with Crippen LogP contribution in [0.15, 0.2) is 16.1 Å². The Morgan fingerprint density at radius 2 is 2.26 bits per heavy atom. The van der Waals surface area contributed by atoms with Crippen LogP contribution in [0.25, 0.3) is 0 Å². The maximum absolute atomic E-state index is 12.2. The Balaban J connectivity index is 1.78. The molecule has 102 valence electrons. The minimum absolute atomic E-state index is 0.0910. The summed E-state index contributed by atoms with van der Waals surface area (Å²) < 4.78 is 6.81. The van der Waals surface area contributed by atoms with E-state index in [0.717, 1.165) is 18.6 Å². The lowest BCUT2D eigenvalue weighted by molar-refractivity contribution is 0.0695. The number of carbonyl (C=O) groups is 1. The number of rotatable bonds is 2. The molecule has 1 aromatic heterocycles. The van der Waals surface area contributed by atoms with Gasteiger partial charge in [0.05, 0.1) is 0 Å². The number of ether oxygens (including phenoxy) is 1. The van der Waals surface area contributed by atoms with Crippen LogP contribution < -0.4 is 10.9 Å². The summed E-state index contributed by atoms with van der Waals surface area (Å²) in [4.78, 5) is 28.5. The third kappa shape index (κ3) is 2.52. The van der Waals surface area contributed by atoms with Gasteiger partial charge in [0.2, 0.25) is 0 Å². The van der Waals surface area contributed by atoms with Crippen molar-refractivity contribution in [3.8, 4) is 0 Å². The summed E-state index contributed by atoms with van der Waals surface area (Å²) in [5.74, 6) is 0.518. The molecule has 0 bridgehead atoms. The van der Waals surface area contributed by atoms with Crippen molar-refractivity contribution in [1.29, 1.82) is 0 Å². The third-order valence-corrected chi connectivity index (χ3v) is 4.33. The van der Waals surface area contributed by atoms with Crippen LogP contribution >= 0.6 is 11.8 Å². The topological polar surface area (TPSA) is 73.2 Å². The average Bonchev–Trinajstić information content (AvgIpc) is 2.89. The van der Waals surface area contributed by atoms with Crippen molar-refractivity contribution >= 4 is 17.7 Å². The molecule has 1 aromatic rings. The predicted molar refractivity (Wildman–Crippen MR) is 70.5 cm³/mol. The average molecular weight is 281 g/mol. The number of nitrogens with one attached hydrogen (secondary N) is 1. The van der Waals surface area contributed by atoms with Gasteiger partial charge in [-0.15, -0.1) is 0 Å². The van der Waals surface area contributed by atoms with Gasteiger partial charge < -0.3 is 10.1 Å². The van der Waals surface area contributed by atoms with Crippen LogP contribution in [0.5, 0.6) is 0 Å². The number of amides is 1. The molecule has 2 aliphatic rings. The SMILES string of the molecule is O=C(NC1CCOCC1)c1cnc2n(c1=O)CCS2. The fraction of sp³-hybridized carbons (Fsp3) is 0.583. The number of hydrogen-bond acceptors (Lipinski definition) is 5. The lowest BCUT2D eigenvalue weighted by Crippen LogP contribution is -2.41. The van der Waals surface area contributed by atoms with Gasteiger partial charge in [-0.25, -0.2) is 4.98 Å². The molecule has 0 saturated carbocycles. The molecule has 0 radical (unpaired) electrons. The zero-order valence-electron chi connectivity index (χ0n) is 10.4. The highest BCUT2D eigenvalue weighted by molar-refractivity contribution is 7.99. The summed E-state index contributed by atoms with van der Waals surface area (Å²) in [6.07, 6.45) is 2.98. The van der Waals surface area contributed by atoms with E-state index in [4.69, 9.17) is 4.74 Å². The first-order valence-corrected chi connectivity index (χ1v) is 7.35. The van der Waals surface area contributed by atoms with Gasteiger partial charge in [0.25, 0.3) is 11.5 Å². The summed E-state index contributed by atoms with van der Waals surface area (Å²) in [7, 11) is 0. The molecule has 1 saturated heterocycles. The Hall–Kier alpha value is -1.34. The van der Waals surface area contributed by atoms with Crippen LogP contribution in [0.4, 0.5) is 0 Å². The molecule has 0 atom stereocenters. The standard InChI is InChI=1S/C12H15N3O3S/c16-10(14-8-1-4-18-5-2-8)9-7-13-12-15(11(9)17)3-6-19-12/h7-8H,1-6H2,(H,14,16). The molecular formula is C12H15N3O3S. The highest BCUT2D eigenvalue weighted by Gasteiger charge is 2.22. The van der Waals surface area contributed by atoms with Gasteiger partial charge in [-0.3, -0.25) is 14.2 Å². The molecule has 19 heavy (non-hydrogen) atoms. The predicted octanol–water partition coefficient (Wildman–Crippen LogP) is 0.258. The second-order valence-electron chi connectivity index (χ2n) is 4.62. The molecule has 0 unspecified atom stereocenters. The van der Waals surface area contributed by atoms with E-state index >= 15 is 0 Å². The van der Waals surface area contributed by atoms with Crippen LogP contribution in [0.1, 0.15) is 23.2 Å². The molecule has 1 amide bonds. The molecule has 2 aliphatic heterocycles. The number of nitrogens with zero attached hydrogens (tertiary/aromatic N) is 2. The lowest BCUT2D eigenvalue weighted by Gasteiger charge is -2.22. The van der Waals surface area contributed by atoms with E-state index in [1.807, 2.05) is 0 Å². The fourth-order valence-corrected chi connectivity index (χ4v) is 3.19. The van der Waals surface area contributed by atoms with E-state index in [1.54, 1.807) is 16.3 Å². The van der Waals surface area contributed by atoms with Gasteiger partial charge in [-0.05, 0) is 12.8 Å². The van der Waals surface area contributed by atoms with Crippen molar-refractivity contribution < 1.29 is 9.53 Å². The largest absolute Gasteiger partial charge is 0.381 e. The summed E-state index contributed by atoms with van der Waals surface area (Å²) in [5, 5.41) is 3.59. The summed E-state index contributed by atoms with van der Waals surface area (Å²) >= 11 is 1.54. The molecule has 3 heterocycles. The van der Waals surface area contributed by atoms with Crippen LogP contribution in [-0.2, 0) is 11.3 Å². The van der Waals surface area contributed by atoms with E-state index in [1.165, 1.54) is 6.20 Å². The summed E-state index contributed by atoms with van der Waals surface area (Å²) in [6, 6.07) is 0.0910. The van der Waals surface area contributed by atoms with Crippen molar-refractivity contribution in [2.24, 2.45) is 0 Å². The molecule has 0 aromatic carbocycles. The Labute approximate surface area is 114 Å². The summed E-state index contributed by atoms with van der Waals surface area (Å²) in [6.45, 7) is 1.94. The van der Waals surface area contributed by atoms with Crippen LogP contribution in [-0.4, -0.2) is 40.5 Å². The molecule has 0 aliphatic carbocycles. The van der Waals surface area contributed by atoms with Crippen LogP contribution in [0.2, 0.25) is 0 Å². The number of thioether (sulfide) groups is 1. The quantitative estimate of drug-likeness (QED) is 0.787. The summed E-state index contributed by atoms with van der Waals surface area (Å²) in [5.41, 5.74) is -0.0997. The highest BCUT2D eigenvalue weighted by Crippen LogP contribution is 2.20. The first-order chi connectivity index (χ1) is 9.25. The zero-order valence-corrected chi connectivity index (χ0v) is 11.2. The Morgan fingerprint density at radius 3 is 3.05 bits per heavy atom. The Kier molecular flexibility index (Phi) is 3.56. The lowest BCUT2D eigenvalue weighted by atomic mass is 10.1. The fourth-order valence-electron chi connectivity index (χ4n) is 2.28. The van der Waals surface area contributed by atoms with E-state index in [2.05, 4.69) is 10.3 Å². The first-order valence-electron chi connectivity index (χ1n) is 6.37. The highest BCUT2D eigenvalue weighted by atomic mass is 32.2. The Morgan fingerprint density at radius 1 is 1.47 bits per heavy atom. The second kappa shape index (κ2) is 5.34. The van der Waals surface area contributed by atoms with Gasteiger partial charge in [0.1, 0.15) is 5.56 Å². The van der Waals surface area contributed by atoms with Crippen molar-refractivity contribution in [1.82, 2.24) is 14.9 Å². The molecule has 7 heteroatoms. The van der Waals surface area contributed by atoms with Crippen molar-refractivity contribution in [2.75, 3.05) is 19.0 Å². The third-order valence-electron chi connectivity index (χ3n) is 3.36. The second-order valence-corrected chi connectivity index (χ2v) is 5.68. The van der Waals surface area contributed by atoms with Crippen molar-refractivity contribution in [3.05, 3.63) is 22.1 Å². The van der Waals surface area contributed by atoms with Gasteiger partial charge >= 0.3 is 0 Å². The minimum atomic E-state index is -0.323. The van der Waals surface area contributed by atoms with Gasteiger partial charge in [-0.2, -0.15) is 0 Å². The smallest absolute Gasteiger partial charge is 0.267 e. The van der Waals surface area contributed by atoms with E-state index in [9.17, 15) is 9.59 Å². The Bertz CT molecular complexity index is 552. The normalized spacial score (nSPS) is 19.2. The van der Waals surface area contributed by atoms with Gasteiger partial charge in [-0.1, -0.05) is 11.8 Å². The molecular weight excluding hydrogens is 266 g/mol. The minimum Gasteiger partial charge on any atom is -0.381 e. The molecule has 1 fully saturated rings. The molecule has 3 rings (SSSR count). The molecule has 1 N–H and O–H groups in total. The van der Waals surface area contributed by atoms with Crippen LogP contribution in [0, 0.1) is 0 Å². The van der Waals surface area contributed by atoms with Crippen molar-refractivity contribution in [2.45, 2.75) is 30.6 Å². The number of hydrogen-bond donors (Lipinski definition) is 1. The van der Waals surface area contributed by atoms with Gasteiger partial charge in [0.15, 0.2) is 5.16 Å². The number of fused-ring (bicyclic) bond motifs is 1. The van der Waals surface area contributed by atoms with E-state index in [0.29, 0.717) is 24.9 Å². The van der Waals surface area contributed by atoms with Gasteiger partial charge in [0, 0.05) is 37.8 Å². The number of aromatic nitrogens is 2. The molecule has 6 nitrogen and oxygen atoms in total. The first kappa shape index (κ1) is 12.7.